The summed E-state index contributed by atoms with van der Waals surface area (Å²) in [6.45, 7) is 3.74. The van der Waals surface area contributed by atoms with Crippen LogP contribution in [-0.2, 0) is 4.79 Å². The van der Waals surface area contributed by atoms with E-state index in [1.807, 2.05) is 18.2 Å². The number of fused-ring (bicyclic) bond motifs is 1. The van der Waals surface area contributed by atoms with Gasteiger partial charge in [0.15, 0.2) is 5.82 Å². The van der Waals surface area contributed by atoms with Crippen molar-refractivity contribution in [3.8, 4) is 11.4 Å². The van der Waals surface area contributed by atoms with Gasteiger partial charge in [-0.05, 0) is 18.2 Å². The molecule has 134 valence electrons. The number of H-pyrrole nitrogens is 1. The van der Waals surface area contributed by atoms with Gasteiger partial charge in [0.2, 0.25) is 11.9 Å². The zero-order chi connectivity index (χ0) is 19.0. The number of amides is 2. The van der Waals surface area contributed by atoms with E-state index in [1.54, 1.807) is 30.3 Å². The Morgan fingerprint density at radius 1 is 1.11 bits per heavy atom. The van der Waals surface area contributed by atoms with Gasteiger partial charge >= 0.3 is 0 Å². The first-order chi connectivity index (χ1) is 13.0. The zero-order valence-electron chi connectivity index (χ0n) is 14.1. The Balaban J connectivity index is 1.46. The molecule has 2 amide bonds. The summed E-state index contributed by atoms with van der Waals surface area (Å²) >= 11 is 6.13. The molecule has 1 aromatic heterocycles. The molecule has 0 fully saturated rings. The molecule has 0 radical (unpaired) electrons. The Bertz CT molecular complexity index is 1040. The number of aromatic nitrogens is 3. The van der Waals surface area contributed by atoms with Gasteiger partial charge in [-0.3, -0.25) is 24.9 Å². The summed E-state index contributed by atoms with van der Waals surface area (Å²) in [4.78, 5) is 30.4. The molecule has 0 saturated carbocycles. The van der Waals surface area contributed by atoms with Crippen molar-refractivity contribution in [3.05, 3.63) is 71.3 Å². The number of nitrogens with zero attached hydrogens (tertiary/aromatic N) is 3. The van der Waals surface area contributed by atoms with Crippen LogP contribution < -0.4 is 5.32 Å². The molecule has 0 saturated heterocycles. The lowest BCUT2D eigenvalue weighted by molar-refractivity contribution is -0.116. The lowest BCUT2D eigenvalue weighted by Crippen LogP contribution is -2.33. The maximum absolute atomic E-state index is 12.5. The standard InChI is InChI=1S/C19H14ClN5O2/c1-11-12-6-2-3-7-13(12)18(27)25(11)10-16(26)21-19-22-17(23-24-19)14-8-4-5-9-15(14)20/h2-9H,1,10H2,(H2,21,22,23,24,26). The molecule has 0 atom stereocenters. The largest absolute Gasteiger partial charge is 0.299 e. The van der Waals surface area contributed by atoms with E-state index >= 15 is 0 Å². The molecular formula is C19H14ClN5O2. The zero-order valence-corrected chi connectivity index (χ0v) is 14.8. The van der Waals surface area contributed by atoms with Crippen molar-refractivity contribution in [2.45, 2.75) is 0 Å². The number of anilines is 1. The number of hydrogen-bond acceptors (Lipinski definition) is 4. The average Bonchev–Trinajstić information content (AvgIpc) is 3.21. The molecular weight excluding hydrogens is 366 g/mol. The maximum Gasteiger partial charge on any atom is 0.259 e. The van der Waals surface area contributed by atoms with Crippen LogP contribution >= 0.6 is 11.6 Å². The molecule has 1 aliphatic heterocycles. The van der Waals surface area contributed by atoms with Crippen LogP contribution in [0.25, 0.3) is 17.1 Å². The van der Waals surface area contributed by atoms with Crippen molar-refractivity contribution < 1.29 is 9.59 Å². The van der Waals surface area contributed by atoms with Crippen molar-refractivity contribution in [2.75, 3.05) is 11.9 Å². The Labute approximate surface area is 159 Å². The lowest BCUT2D eigenvalue weighted by atomic mass is 10.1. The number of benzene rings is 2. The quantitative estimate of drug-likeness (QED) is 0.728. The van der Waals surface area contributed by atoms with Crippen molar-refractivity contribution in [1.82, 2.24) is 20.1 Å². The number of halogens is 1. The van der Waals surface area contributed by atoms with Crippen LogP contribution in [-0.4, -0.2) is 38.4 Å². The van der Waals surface area contributed by atoms with E-state index in [-0.39, 0.29) is 18.4 Å². The Hall–Kier alpha value is -3.45. The number of carbonyl (C=O) groups excluding carboxylic acids is 2. The highest BCUT2D eigenvalue weighted by atomic mass is 35.5. The van der Waals surface area contributed by atoms with E-state index in [1.165, 1.54) is 4.90 Å². The van der Waals surface area contributed by atoms with Gasteiger partial charge in [-0.15, -0.1) is 5.10 Å². The predicted octanol–water partition coefficient (Wildman–Crippen LogP) is 3.19. The van der Waals surface area contributed by atoms with Crippen LogP contribution in [0.2, 0.25) is 5.02 Å². The molecule has 8 heteroatoms. The first kappa shape index (κ1) is 17.0. The molecule has 1 aliphatic rings. The van der Waals surface area contributed by atoms with E-state index in [2.05, 4.69) is 27.1 Å². The predicted molar refractivity (Wildman–Crippen MR) is 102 cm³/mol. The minimum atomic E-state index is -0.429. The highest BCUT2D eigenvalue weighted by Crippen LogP contribution is 2.31. The minimum absolute atomic E-state index is 0.102. The van der Waals surface area contributed by atoms with Crippen molar-refractivity contribution in [3.63, 3.8) is 0 Å². The molecule has 0 aliphatic carbocycles. The molecule has 0 spiro atoms. The second-order valence-corrected chi connectivity index (χ2v) is 6.33. The number of nitrogens with one attached hydrogen (secondary N) is 2. The number of hydrogen-bond donors (Lipinski definition) is 2. The normalized spacial score (nSPS) is 13.0. The van der Waals surface area contributed by atoms with Crippen LogP contribution in [0.3, 0.4) is 0 Å². The summed E-state index contributed by atoms with van der Waals surface area (Å²) in [5.41, 5.74) is 2.44. The van der Waals surface area contributed by atoms with Gasteiger partial charge in [0.1, 0.15) is 6.54 Å². The fourth-order valence-electron chi connectivity index (χ4n) is 2.90. The lowest BCUT2D eigenvalue weighted by Gasteiger charge is -2.16. The van der Waals surface area contributed by atoms with Crippen LogP contribution in [0.1, 0.15) is 15.9 Å². The Morgan fingerprint density at radius 2 is 1.78 bits per heavy atom. The van der Waals surface area contributed by atoms with Gasteiger partial charge in [0, 0.05) is 22.4 Å². The number of rotatable bonds is 4. The summed E-state index contributed by atoms with van der Waals surface area (Å²) < 4.78 is 0. The number of carbonyl (C=O) groups is 2. The third-order valence-electron chi connectivity index (χ3n) is 4.21. The Kier molecular flexibility index (Phi) is 4.21. The molecule has 2 heterocycles. The van der Waals surface area contributed by atoms with Crippen LogP contribution in [0.4, 0.5) is 5.95 Å². The van der Waals surface area contributed by atoms with E-state index in [0.717, 1.165) is 5.56 Å². The van der Waals surface area contributed by atoms with Crippen molar-refractivity contribution in [1.29, 1.82) is 0 Å². The van der Waals surface area contributed by atoms with Gasteiger partial charge < -0.3 is 0 Å². The van der Waals surface area contributed by atoms with Crippen molar-refractivity contribution in [2.24, 2.45) is 0 Å². The molecule has 3 aromatic rings. The monoisotopic (exact) mass is 379 g/mol. The third-order valence-corrected chi connectivity index (χ3v) is 4.54. The average molecular weight is 380 g/mol. The smallest absolute Gasteiger partial charge is 0.259 e. The SMILES string of the molecule is C=C1c2ccccc2C(=O)N1CC(=O)Nc1n[nH]c(-c2ccccc2Cl)n1. The van der Waals surface area contributed by atoms with Crippen LogP contribution in [0.15, 0.2) is 55.1 Å². The highest BCUT2D eigenvalue weighted by Gasteiger charge is 2.32. The topological polar surface area (TPSA) is 91.0 Å². The van der Waals surface area contributed by atoms with Crippen molar-refractivity contribution >= 4 is 35.1 Å². The first-order valence-electron chi connectivity index (χ1n) is 8.12. The number of aromatic amines is 1. The third kappa shape index (κ3) is 3.09. The molecule has 2 N–H and O–H groups in total. The van der Waals surface area contributed by atoms with Gasteiger partial charge in [0.25, 0.3) is 5.91 Å². The first-order valence-corrected chi connectivity index (χ1v) is 8.49. The molecule has 0 bridgehead atoms. The van der Waals surface area contributed by atoms with Crippen LogP contribution in [0.5, 0.6) is 0 Å². The van der Waals surface area contributed by atoms with E-state index < -0.39 is 5.91 Å². The van der Waals surface area contributed by atoms with E-state index in [0.29, 0.717) is 27.7 Å². The maximum atomic E-state index is 12.5. The van der Waals surface area contributed by atoms with Gasteiger partial charge in [-0.1, -0.05) is 48.5 Å². The summed E-state index contributed by atoms with van der Waals surface area (Å²) in [5, 5.41) is 9.80. The molecule has 4 rings (SSSR count). The molecule has 7 nitrogen and oxygen atoms in total. The highest BCUT2D eigenvalue weighted by molar-refractivity contribution is 6.33. The summed E-state index contributed by atoms with van der Waals surface area (Å²) in [6.07, 6.45) is 0. The van der Waals surface area contributed by atoms with Gasteiger partial charge in [0.05, 0.1) is 5.02 Å². The summed E-state index contributed by atoms with van der Waals surface area (Å²) in [7, 11) is 0. The molecule has 27 heavy (non-hydrogen) atoms. The second-order valence-electron chi connectivity index (χ2n) is 5.92. The summed E-state index contributed by atoms with van der Waals surface area (Å²) in [5.74, 6) is -0.144. The van der Waals surface area contributed by atoms with Gasteiger partial charge in [-0.25, -0.2) is 0 Å². The van der Waals surface area contributed by atoms with E-state index in [4.69, 9.17) is 11.6 Å². The fourth-order valence-corrected chi connectivity index (χ4v) is 3.13. The summed E-state index contributed by atoms with van der Waals surface area (Å²) in [6, 6.07) is 14.3. The molecule has 2 aromatic carbocycles. The van der Waals surface area contributed by atoms with Gasteiger partial charge in [-0.2, -0.15) is 4.98 Å². The second kappa shape index (κ2) is 6.69. The fraction of sp³-hybridized carbons (Fsp3) is 0.0526. The van der Waals surface area contributed by atoms with Crippen LogP contribution in [0, 0.1) is 0 Å². The molecule has 0 unspecified atom stereocenters. The van der Waals surface area contributed by atoms with E-state index in [9.17, 15) is 9.59 Å². The Morgan fingerprint density at radius 3 is 2.48 bits per heavy atom. The minimum Gasteiger partial charge on any atom is -0.299 e.